The van der Waals surface area contributed by atoms with Crippen LogP contribution in [0.4, 0.5) is 14.5 Å². The van der Waals surface area contributed by atoms with Crippen LogP contribution in [0.5, 0.6) is 0 Å². The Labute approximate surface area is 115 Å². The highest BCUT2D eigenvalue weighted by Gasteiger charge is 2.15. The molecule has 0 aromatic heterocycles. The molecule has 4 nitrogen and oxygen atoms in total. The van der Waals surface area contributed by atoms with Crippen LogP contribution in [0.25, 0.3) is 0 Å². The number of nitrogens with one attached hydrogen (secondary N) is 1. The van der Waals surface area contributed by atoms with E-state index in [2.05, 4.69) is 4.72 Å². The molecule has 0 atom stereocenters. The van der Waals surface area contributed by atoms with Crippen molar-refractivity contribution in [3.63, 3.8) is 0 Å². The van der Waals surface area contributed by atoms with Crippen molar-refractivity contribution in [2.45, 2.75) is 11.4 Å². The SMILES string of the molecule is Nc1ccc(S(=O)(=O)NCc2ccc(F)cc2)cc1F. The molecule has 7 heteroatoms. The summed E-state index contributed by atoms with van der Waals surface area (Å²) in [4.78, 5) is -0.216. The Bertz CT molecular complexity index is 716. The van der Waals surface area contributed by atoms with Gasteiger partial charge in [0.05, 0.1) is 10.6 Å². The Kier molecular flexibility index (Phi) is 4.01. The molecule has 0 fully saturated rings. The summed E-state index contributed by atoms with van der Waals surface area (Å²) in [6, 6.07) is 8.62. The monoisotopic (exact) mass is 298 g/mol. The maximum Gasteiger partial charge on any atom is 0.240 e. The van der Waals surface area contributed by atoms with Crippen LogP contribution in [0.15, 0.2) is 47.4 Å². The molecule has 3 N–H and O–H groups in total. The highest BCUT2D eigenvalue weighted by Crippen LogP contribution is 2.16. The van der Waals surface area contributed by atoms with E-state index in [0.29, 0.717) is 5.56 Å². The van der Waals surface area contributed by atoms with E-state index >= 15 is 0 Å². The summed E-state index contributed by atoms with van der Waals surface area (Å²) in [6.07, 6.45) is 0. The molecule has 0 radical (unpaired) electrons. The first-order valence-corrected chi connectivity index (χ1v) is 7.16. The van der Waals surface area contributed by atoms with E-state index in [-0.39, 0.29) is 17.1 Å². The molecule has 0 aliphatic rings. The highest BCUT2D eigenvalue weighted by molar-refractivity contribution is 7.89. The summed E-state index contributed by atoms with van der Waals surface area (Å²) in [5.74, 6) is -1.20. The molecule has 2 aromatic rings. The third-order valence-electron chi connectivity index (χ3n) is 2.66. The zero-order chi connectivity index (χ0) is 14.8. The fourth-order valence-electron chi connectivity index (χ4n) is 1.54. The van der Waals surface area contributed by atoms with Gasteiger partial charge in [-0.15, -0.1) is 0 Å². The number of anilines is 1. The van der Waals surface area contributed by atoms with Crippen LogP contribution < -0.4 is 10.5 Å². The first-order chi connectivity index (χ1) is 9.38. The summed E-state index contributed by atoms with van der Waals surface area (Å²) >= 11 is 0. The smallest absolute Gasteiger partial charge is 0.240 e. The molecule has 2 aromatic carbocycles. The van der Waals surface area contributed by atoms with Crippen LogP contribution in [0, 0.1) is 11.6 Å². The van der Waals surface area contributed by atoms with Gasteiger partial charge in [0.1, 0.15) is 11.6 Å². The van der Waals surface area contributed by atoms with Crippen LogP contribution in [0.2, 0.25) is 0 Å². The number of halogens is 2. The Morgan fingerprint density at radius 2 is 1.70 bits per heavy atom. The van der Waals surface area contributed by atoms with E-state index in [0.717, 1.165) is 6.07 Å². The standard InChI is InChI=1S/C13H12F2N2O2S/c14-10-3-1-9(2-4-10)8-17-20(18,19)11-5-6-13(16)12(15)7-11/h1-7,17H,8,16H2. The third kappa shape index (κ3) is 3.31. The number of sulfonamides is 1. The fourth-order valence-corrected chi connectivity index (χ4v) is 2.57. The van der Waals surface area contributed by atoms with E-state index in [4.69, 9.17) is 5.73 Å². The first kappa shape index (κ1) is 14.4. The Morgan fingerprint density at radius 1 is 1.05 bits per heavy atom. The van der Waals surface area contributed by atoms with E-state index in [1.165, 1.54) is 36.4 Å². The van der Waals surface area contributed by atoms with Gasteiger partial charge in [-0.25, -0.2) is 21.9 Å². The summed E-state index contributed by atoms with van der Waals surface area (Å²) < 4.78 is 52.2. The number of rotatable bonds is 4. The summed E-state index contributed by atoms with van der Waals surface area (Å²) in [6.45, 7) is -0.0192. The van der Waals surface area contributed by atoms with E-state index in [1.807, 2.05) is 0 Å². The molecule has 0 bridgehead atoms. The van der Waals surface area contributed by atoms with Crippen LogP contribution in [0.3, 0.4) is 0 Å². The molecule has 0 amide bonds. The topological polar surface area (TPSA) is 72.2 Å². The van der Waals surface area contributed by atoms with Gasteiger partial charge in [-0.1, -0.05) is 12.1 Å². The Morgan fingerprint density at radius 3 is 2.30 bits per heavy atom. The second kappa shape index (κ2) is 5.56. The van der Waals surface area contributed by atoms with Gasteiger partial charge in [0, 0.05) is 6.54 Å². The van der Waals surface area contributed by atoms with Crippen molar-refractivity contribution in [1.29, 1.82) is 0 Å². The lowest BCUT2D eigenvalue weighted by atomic mass is 10.2. The molecule has 0 heterocycles. The van der Waals surface area contributed by atoms with Gasteiger partial charge in [0.2, 0.25) is 10.0 Å². The first-order valence-electron chi connectivity index (χ1n) is 5.67. The average Bonchev–Trinajstić information content (AvgIpc) is 2.41. The predicted molar refractivity (Wildman–Crippen MR) is 71.2 cm³/mol. The average molecular weight is 298 g/mol. The van der Waals surface area contributed by atoms with E-state index < -0.39 is 21.7 Å². The molecular formula is C13H12F2N2O2S. The van der Waals surface area contributed by atoms with E-state index in [9.17, 15) is 17.2 Å². The van der Waals surface area contributed by atoms with Gasteiger partial charge in [-0.05, 0) is 35.9 Å². The lowest BCUT2D eigenvalue weighted by molar-refractivity contribution is 0.577. The lowest BCUT2D eigenvalue weighted by Crippen LogP contribution is -2.23. The van der Waals surface area contributed by atoms with Crippen molar-refractivity contribution in [2.24, 2.45) is 0 Å². The van der Waals surface area contributed by atoms with Crippen molar-refractivity contribution < 1.29 is 17.2 Å². The van der Waals surface area contributed by atoms with Crippen LogP contribution in [0.1, 0.15) is 5.56 Å². The largest absolute Gasteiger partial charge is 0.396 e. The molecule has 20 heavy (non-hydrogen) atoms. The normalized spacial score (nSPS) is 11.5. The maximum absolute atomic E-state index is 13.3. The summed E-state index contributed by atoms with van der Waals surface area (Å²) in [5, 5.41) is 0. The van der Waals surface area contributed by atoms with Gasteiger partial charge in [0.15, 0.2) is 0 Å². The summed E-state index contributed by atoms with van der Waals surface area (Å²) in [7, 11) is -3.85. The van der Waals surface area contributed by atoms with E-state index in [1.54, 1.807) is 0 Å². The fraction of sp³-hybridized carbons (Fsp3) is 0.0769. The Hall–Kier alpha value is -1.99. The molecule has 0 saturated heterocycles. The predicted octanol–water partition coefficient (Wildman–Crippen LogP) is 2.03. The lowest BCUT2D eigenvalue weighted by Gasteiger charge is -2.07. The number of benzene rings is 2. The number of hydrogen-bond acceptors (Lipinski definition) is 3. The molecule has 0 unspecified atom stereocenters. The minimum Gasteiger partial charge on any atom is -0.396 e. The second-order valence-corrected chi connectivity index (χ2v) is 5.90. The highest BCUT2D eigenvalue weighted by atomic mass is 32.2. The van der Waals surface area contributed by atoms with Gasteiger partial charge < -0.3 is 5.73 Å². The number of nitrogens with two attached hydrogens (primary N) is 1. The molecule has 0 spiro atoms. The Balaban J connectivity index is 2.14. The number of nitrogen functional groups attached to an aromatic ring is 1. The third-order valence-corrected chi connectivity index (χ3v) is 4.06. The van der Waals surface area contributed by atoms with Gasteiger partial charge in [-0.3, -0.25) is 0 Å². The second-order valence-electron chi connectivity index (χ2n) is 4.13. The minimum absolute atomic E-state index is 0.0192. The molecule has 2 rings (SSSR count). The van der Waals surface area contributed by atoms with Crippen molar-refractivity contribution >= 4 is 15.7 Å². The van der Waals surface area contributed by atoms with Crippen molar-refractivity contribution in [3.8, 4) is 0 Å². The van der Waals surface area contributed by atoms with Gasteiger partial charge >= 0.3 is 0 Å². The minimum atomic E-state index is -3.85. The molecule has 0 saturated carbocycles. The van der Waals surface area contributed by atoms with Crippen LogP contribution in [-0.4, -0.2) is 8.42 Å². The van der Waals surface area contributed by atoms with Crippen LogP contribution >= 0.6 is 0 Å². The van der Waals surface area contributed by atoms with Gasteiger partial charge in [0.25, 0.3) is 0 Å². The zero-order valence-corrected chi connectivity index (χ0v) is 11.1. The zero-order valence-electron chi connectivity index (χ0n) is 10.3. The summed E-state index contributed by atoms with van der Waals surface area (Å²) in [5.41, 5.74) is 5.75. The van der Waals surface area contributed by atoms with Crippen LogP contribution in [-0.2, 0) is 16.6 Å². The maximum atomic E-state index is 13.3. The van der Waals surface area contributed by atoms with Gasteiger partial charge in [-0.2, -0.15) is 0 Å². The number of hydrogen-bond donors (Lipinski definition) is 2. The van der Waals surface area contributed by atoms with Crippen molar-refractivity contribution in [2.75, 3.05) is 5.73 Å². The molecule has 0 aliphatic heterocycles. The van der Waals surface area contributed by atoms with Crippen molar-refractivity contribution in [3.05, 3.63) is 59.7 Å². The molecular weight excluding hydrogens is 286 g/mol. The quantitative estimate of drug-likeness (QED) is 0.848. The molecule has 106 valence electrons. The molecule has 0 aliphatic carbocycles. The van der Waals surface area contributed by atoms with Crippen molar-refractivity contribution in [1.82, 2.24) is 4.72 Å².